The zero-order valence-corrected chi connectivity index (χ0v) is 9.90. The molecule has 92 valence electrons. The van der Waals surface area contributed by atoms with Crippen LogP contribution in [0.2, 0.25) is 0 Å². The third kappa shape index (κ3) is 3.10. The number of nitrogens with two attached hydrogens (primary N) is 1. The predicted octanol–water partition coefficient (Wildman–Crippen LogP) is -0.793. The van der Waals surface area contributed by atoms with E-state index < -0.39 is 6.04 Å². The molecule has 0 aromatic carbocycles. The Morgan fingerprint density at radius 1 is 1.25 bits per heavy atom. The SMILES string of the molecule is CCNC(=O)N1CCN(C(=O)[C@@H](C)N)CC1. The molecule has 0 aliphatic carbocycles. The normalized spacial score (nSPS) is 18.2. The molecule has 0 bridgehead atoms. The first-order valence-corrected chi connectivity index (χ1v) is 5.63. The minimum absolute atomic E-state index is 0.0458. The molecule has 6 heteroatoms. The Balaban J connectivity index is 2.39. The Bertz CT molecular complexity index is 260. The number of piperazine rings is 1. The smallest absolute Gasteiger partial charge is 0.317 e. The van der Waals surface area contributed by atoms with Crippen molar-refractivity contribution in [1.29, 1.82) is 0 Å². The molecule has 6 nitrogen and oxygen atoms in total. The summed E-state index contributed by atoms with van der Waals surface area (Å²) in [4.78, 5) is 26.5. The third-order valence-electron chi connectivity index (χ3n) is 2.60. The molecule has 1 aliphatic rings. The Hall–Kier alpha value is -1.30. The Kier molecular flexibility index (Phi) is 4.54. The van der Waals surface area contributed by atoms with Gasteiger partial charge in [-0.1, -0.05) is 0 Å². The van der Waals surface area contributed by atoms with Crippen molar-refractivity contribution in [3.05, 3.63) is 0 Å². The molecular weight excluding hydrogens is 208 g/mol. The fraction of sp³-hybridized carbons (Fsp3) is 0.800. The zero-order chi connectivity index (χ0) is 12.1. The van der Waals surface area contributed by atoms with E-state index in [4.69, 9.17) is 5.73 Å². The zero-order valence-electron chi connectivity index (χ0n) is 9.90. The van der Waals surface area contributed by atoms with Crippen molar-refractivity contribution < 1.29 is 9.59 Å². The van der Waals surface area contributed by atoms with Crippen LogP contribution < -0.4 is 11.1 Å². The number of hydrogen-bond donors (Lipinski definition) is 2. The van der Waals surface area contributed by atoms with Crippen LogP contribution >= 0.6 is 0 Å². The molecule has 3 N–H and O–H groups in total. The summed E-state index contributed by atoms with van der Waals surface area (Å²) in [5.41, 5.74) is 5.52. The lowest BCUT2D eigenvalue weighted by Crippen LogP contribution is -2.55. The molecule has 0 aromatic rings. The predicted molar refractivity (Wildman–Crippen MR) is 60.9 cm³/mol. The minimum atomic E-state index is -0.462. The summed E-state index contributed by atoms with van der Waals surface area (Å²) in [5.74, 6) is -0.0458. The third-order valence-corrected chi connectivity index (χ3v) is 2.60. The molecule has 16 heavy (non-hydrogen) atoms. The van der Waals surface area contributed by atoms with Crippen LogP contribution in [0.4, 0.5) is 4.79 Å². The van der Waals surface area contributed by atoms with Crippen LogP contribution in [0.3, 0.4) is 0 Å². The first-order valence-electron chi connectivity index (χ1n) is 5.63. The number of rotatable bonds is 2. The summed E-state index contributed by atoms with van der Waals surface area (Å²) < 4.78 is 0. The highest BCUT2D eigenvalue weighted by Gasteiger charge is 2.24. The van der Waals surface area contributed by atoms with Gasteiger partial charge in [-0.2, -0.15) is 0 Å². The van der Waals surface area contributed by atoms with Gasteiger partial charge >= 0.3 is 6.03 Å². The topological polar surface area (TPSA) is 78.7 Å². The van der Waals surface area contributed by atoms with Gasteiger partial charge in [0.15, 0.2) is 0 Å². The summed E-state index contributed by atoms with van der Waals surface area (Å²) >= 11 is 0. The summed E-state index contributed by atoms with van der Waals surface area (Å²) in [6, 6.07) is -0.522. The van der Waals surface area contributed by atoms with Crippen molar-refractivity contribution >= 4 is 11.9 Å². The standard InChI is InChI=1S/C10H20N4O2/c1-3-12-10(16)14-6-4-13(5-7-14)9(15)8(2)11/h8H,3-7,11H2,1-2H3,(H,12,16)/t8-/m1/s1. The van der Waals surface area contributed by atoms with Crippen molar-refractivity contribution in [3.8, 4) is 0 Å². The van der Waals surface area contributed by atoms with Gasteiger partial charge in [0, 0.05) is 32.7 Å². The maximum absolute atomic E-state index is 11.6. The van der Waals surface area contributed by atoms with E-state index in [9.17, 15) is 9.59 Å². The van der Waals surface area contributed by atoms with E-state index in [1.165, 1.54) is 0 Å². The second kappa shape index (κ2) is 5.69. The second-order valence-electron chi connectivity index (χ2n) is 3.94. The summed E-state index contributed by atoms with van der Waals surface area (Å²) in [6.45, 7) is 6.47. The number of nitrogens with one attached hydrogen (secondary N) is 1. The van der Waals surface area contributed by atoms with Gasteiger partial charge in [-0.25, -0.2) is 4.79 Å². The summed E-state index contributed by atoms with van der Waals surface area (Å²) in [6.07, 6.45) is 0. The van der Waals surface area contributed by atoms with Crippen LogP contribution in [0.5, 0.6) is 0 Å². The Morgan fingerprint density at radius 3 is 2.19 bits per heavy atom. The molecule has 1 rings (SSSR count). The van der Waals surface area contributed by atoms with Gasteiger partial charge in [-0.15, -0.1) is 0 Å². The van der Waals surface area contributed by atoms with Gasteiger partial charge in [0.2, 0.25) is 5.91 Å². The monoisotopic (exact) mass is 228 g/mol. The lowest BCUT2D eigenvalue weighted by Gasteiger charge is -2.35. The number of carbonyl (C=O) groups excluding carboxylic acids is 2. The van der Waals surface area contributed by atoms with Crippen molar-refractivity contribution in [3.63, 3.8) is 0 Å². The van der Waals surface area contributed by atoms with E-state index in [-0.39, 0.29) is 11.9 Å². The van der Waals surface area contributed by atoms with E-state index in [0.29, 0.717) is 32.7 Å². The molecule has 3 amide bonds. The molecule has 0 radical (unpaired) electrons. The van der Waals surface area contributed by atoms with E-state index >= 15 is 0 Å². The Labute approximate surface area is 95.8 Å². The largest absolute Gasteiger partial charge is 0.338 e. The first kappa shape index (κ1) is 12.8. The van der Waals surface area contributed by atoms with Gasteiger partial charge in [-0.3, -0.25) is 4.79 Å². The van der Waals surface area contributed by atoms with Crippen molar-refractivity contribution in [2.45, 2.75) is 19.9 Å². The fourth-order valence-corrected chi connectivity index (χ4v) is 1.68. The first-order chi connectivity index (χ1) is 7.56. The number of nitrogens with zero attached hydrogens (tertiary/aromatic N) is 2. The number of urea groups is 1. The minimum Gasteiger partial charge on any atom is -0.338 e. The summed E-state index contributed by atoms with van der Waals surface area (Å²) in [5, 5.41) is 2.74. The van der Waals surface area contributed by atoms with Gasteiger partial charge in [0.1, 0.15) is 0 Å². The number of amides is 3. The molecule has 0 saturated carbocycles. The lowest BCUT2D eigenvalue weighted by atomic mass is 10.2. The van der Waals surface area contributed by atoms with Crippen molar-refractivity contribution in [2.24, 2.45) is 5.73 Å². The number of hydrogen-bond acceptors (Lipinski definition) is 3. The molecule has 1 saturated heterocycles. The van der Waals surface area contributed by atoms with E-state index in [0.717, 1.165) is 0 Å². The maximum atomic E-state index is 11.6. The highest BCUT2D eigenvalue weighted by molar-refractivity contribution is 5.81. The highest BCUT2D eigenvalue weighted by atomic mass is 16.2. The van der Waals surface area contributed by atoms with Crippen LogP contribution in [-0.4, -0.2) is 60.5 Å². The molecular formula is C10H20N4O2. The molecule has 1 atom stereocenters. The van der Waals surface area contributed by atoms with Gasteiger partial charge < -0.3 is 20.9 Å². The van der Waals surface area contributed by atoms with Crippen LogP contribution in [0.1, 0.15) is 13.8 Å². The van der Waals surface area contributed by atoms with Crippen LogP contribution in [0, 0.1) is 0 Å². The second-order valence-corrected chi connectivity index (χ2v) is 3.94. The molecule has 1 heterocycles. The Morgan fingerprint density at radius 2 is 1.75 bits per heavy atom. The molecule has 1 aliphatic heterocycles. The lowest BCUT2D eigenvalue weighted by molar-refractivity contribution is -0.133. The van der Waals surface area contributed by atoms with Gasteiger partial charge in [0.25, 0.3) is 0 Å². The quantitative estimate of drug-likeness (QED) is 0.650. The number of carbonyl (C=O) groups is 2. The maximum Gasteiger partial charge on any atom is 0.317 e. The van der Waals surface area contributed by atoms with Gasteiger partial charge in [-0.05, 0) is 13.8 Å². The van der Waals surface area contributed by atoms with E-state index in [2.05, 4.69) is 5.32 Å². The van der Waals surface area contributed by atoms with Crippen LogP contribution in [0.25, 0.3) is 0 Å². The molecule has 0 spiro atoms. The highest BCUT2D eigenvalue weighted by Crippen LogP contribution is 2.03. The molecule has 1 fully saturated rings. The molecule has 0 aromatic heterocycles. The fourth-order valence-electron chi connectivity index (χ4n) is 1.68. The van der Waals surface area contributed by atoms with Crippen molar-refractivity contribution in [1.82, 2.24) is 15.1 Å². The van der Waals surface area contributed by atoms with E-state index in [1.807, 2.05) is 6.92 Å². The summed E-state index contributed by atoms with van der Waals surface area (Å²) in [7, 11) is 0. The van der Waals surface area contributed by atoms with Crippen LogP contribution in [-0.2, 0) is 4.79 Å². The van der Waals surface area contributed by atoms with E-state index in [1.54, 1.807) is 16.7 Å². The average Bonchev–Trinajstić information content (AvgIpc) is 2.28. The van der Waals surface area contributed by atoms with Gasteiger partial charge in [0.05, 0.1) is 6.04 Å². The molecule has 0 unspecified atom stereocenters. The average molecular weight is 228 g/mol. The van der Waals surface area contributed by atoms with Crippen molar-refractivity contribution in [2.75, 3.05) is 32.7 Å². The van der Waals surface area contributed by atoms with Crippen LogP contribution in [0.15, 0.2) is 0 Å².